The number of aryl methyl sites for hydroxylation is 3. The third kappa shape index (κ3) is 2.66. The molecule has 0 fully saturated rings. The molecule has 20 heavy (non-hydrogen) atoms. The Morgan fingerprint density at radius 1 is 1.20 bits per heavy atom. The predicted molar refractivity (Wildman–Crippen MR) is 89.5 cm³/mol. The van der Waals surface area contributed by atoms with Gasteiger partial charge in [-0.2, -0.15) is 0 Å². The van der Waals surface area contributed by atoms with Gasteiger partial charge in [0.25, 0.3) is 0 Å². The molecule has 1 aromatic heterocycles. The van der Waals surface area contributed by atoms with Crippen molar-refractivity contribution in [1.29, 1.82) is 0 Å². The third-order valence-electron chi connectivity index (χ3n) is 3.92. The van der Waals surface area contributed by atoms with Crippen LogP contribution in [0.5, 0.6) is 5.75 Å². The summed E-state index contributed by atoms with van der Waals surface area (Å²) in [5.74, 6) is 0.962. The fourth-order valence-electron chi connectivity index (χ4n) is 2.84. The Hall–Kier alpha value is -0.800. The van der Waals surface area contributed by atoms with Crippen molar-refractivity contribution in [1.82, 2.24) is 0 Å². The highest BCUT2D eigenvalue weighted by Crippen LogP contribution is 2.42. The highest BCUT2D eigenvalue weighted by atomic mass is 79.9. The third-order valence-corrected chi connectivity index (χ3v) is 6.52. The van der Waals surface area contributed by atoms with Gasteiger partial charge in [-0.05, 0) is 50.3 Å². The second-order valence-electron chi connectivity index (χ2n) is 5.41. The van der Waals surface area contributed by atoms with Crippen molar-refractivity contribution < 1.29 is 4.74 Å². The summed E-state index contributed by atoms with van der Waals surface area (Å²) in [4.78, 5) is 3.22. The minimum absolute atomic E-state index is 0.230. The largest absolute Gasteiger partial charge is 0.496 e. The van der Waals surface area contributed by atoms with Crippen molar-refractivity contribution in [2.75, 3.05) is 7.11 Å². The first-order valence-electron chi connectivity index (χ1n) is 7.09. The summed E-state index contributed by atoms with van der Waals surface area (Å²) in [5, 5.41) is 0. The Labute approximate surface area is 133 Å². The zero-order valence-electron chi connectivity index (χ0n) is 11.9. The number of alkyl halides is 1. The minimum Gasteiger partial charge on any atom is -0.496 e. The van der Waals surface area contributed by atoms with Gasteiger partial charge in [0.2, 0.25) is 0 Å². The molecule has 3 heteroatoms. The molecule has 0 spiro atoms. The molecule has 0 aliphatic heterocycles. The molecular formula is C17H19BrOS. The molecule has 106 valence electrons. The van der Waals surface area contributed by atoms with Gasteiger partial charge >= 0.3 is 0 Å². The lowest BCUT2D eigenvalue weighted by Gasteiger charge is -2.14. The fourth-order valence-corrected chi connectivity index (χ4v) is 4.87. The molecule has 0 saturated heterocycles. The fraction of sp³-hybridized carbons (Fsp3) is 0.412. The summed E-state index contributed by atoms with van der Waals surface area (Å²) in [6.07, 6.45) is 5.18. The summed E-state index contributed by atoms with van der Waals surface area (Å²) in [7, 11) is 1.74. The standard InChI is InChI=1S/C17H19BrOS/c1-11-7-8-14(19-2)13(9-11)17(18)16-10-12-5-3-4-6-15(12)20-16/h7-10,17H,3-6H2,1-2H3. The maximum atomic E-state index is 5.52. The molecule has 1 aliphatic carbocycles. The monoisotopic (exact) mass is 350 g/mol. The van der Waals surface area contributed by atoms with Crippen LogP contribution in [0, 0.1) is 6.92 Å². The van der Waals surface area contributed by atoms with Gasteiger partial charge in [-0.1, -0.05) is 33.6 Å². The van der Waals surface area contributed by atoms with Crippen molar-refractivity contribution in [3.63, 3.8) is 0 Å². The van der Waals surface area contributed by atoms with Crippen LogP contribution in [0.2, 0.25) is 0 Å². The average molecular weight is 351 g/mol. The number of thiophene rings is 1. The van der Waals surface area contributed by atoms with Crippen LogP contribution in [0.4, 0.5) is 0 Å². The molecule has 0 amide bonds. The Kier molecular flexibility index (Phi) is 4.18. The van der Waals surface area contributed by atoms with Crippen molar-refractivity contribution >= 4 is 27.3 Å². The SMILES string of the molecule is COc1ccc(C)cc1C(Br)c1cc2c(s1)CCCC2. The van der Waals surface area contributed by atoms with E-state index >= 15 is 0 Å². The predicted octanol–water partition coefficient (Wildman–Crippen LogP) is 5.43. The van der Waals surface area contributed by atoms with E-state index in [1.165, 1.54) is 41.7 Å². The van der Waals surface area contributed by atoms with Gasteiger partial charge in [0, 0.05) is 15.3 Å². The van der Waals surface area contributed by atoms with E-state index in [2.05, 4.69) is 47.1 Å². The lowest BCUT2D eigenvalue weighted by molar-refractivity contribution is 0.410. The molecule has 0 radical (unpaired) electrons. The Morgan fingerprint density at radius 3 is 2.75 bits per heavy atom. The number of methoxy groups -OCH3 is 1. The summed E-state index contributed by atoms with van der Waals surface area (Å²) < 4.78 is 5.52. The molecule has 1 nitrogen and oxygen atoms in total. The summed E-state index contributed by atoms with van der Waals surface area (Å²) >= 11 is 5.84. The molecule has 1 atom stereocenters. The highest BCUT2D eigenvalue weighted by Gasteiger charge is 2.21. The number of hydrogen-bond acceptors (Lipinski definition) is 2. The van der Waals surface area contributed by atoms with E-state index in [4.69, 9.17) is 4.74 Å². The Bertz CT molecular complexity index is 594. The van der Waals surface area contributed by atoms with Crippen molar-refractivity contribution in [2.24, 2.45) is 0 Å². The van der Waals surface area contributed by atoms with E-state index in [0.29, 0.717) is 0 Å². The van der Waals surface area contributed by atoms with Crippen LogP contribution < -0.4 is 4.74 Å². The number of hydrogen-bond donors (Lipinski definition) is 0. The minimum atomic E-state index is 0.230. The van der Waals surface area contributed by atoms with Crippen LogP contribution in [0.1, 0.15) is 44.1 Å². The molecule has 1 aromatic carbocycles. The van der Waals surface area contributed by atoms with E-state index in [-0.39, 0.29) is 4.83 Å². The summed E-state index contributed by atoms with van der Waals surface area (Å²) in [6, 6.07) is 8.77. The quantitative estimate of drug-likeness (QED) is 0.670. The van der Waals surface area contributed by atoms with E-state index in [0.717, 1.165) is 5.75 Å². The van der Waals surface area contributed by atoms with Crippen LogP contribution >= 0.6 is 27.3 Å². The number of fused-ring (bicyclic) bond motifs is 1. The maximum Gasteiger partial charge on any atom is 0.123 e. The number of benzene rings is 1. The average Bonchev–Trinajstić information content (AvgIpc) is 2.90. The zero-order chi connectivity index (χ0) is 14.1. The molecule has 0 N–H and O–H groups in total. The van der Waals surface area contributed by atoms with E-state index < -0.39 is 0 Å². The first-order valence-corrected chi connectivity index (χ1v) is 8.82. The van der Waals surface area contributed by atoms with E-state index in [9.17, 15) is 0 Å². The summed E-state index contributed by atoms with van der Waals surface area (Å²) in [6.45, 7) is 2.13. The van der Waals surface area contributed by atoms with Gasteiger partial charge in [-0.3, -0.25) is 0 Å². The molecular weight excluding hydrogens is 332 g/mol. The first-order chi connectivity index (χ1) is 9.69. The van der Waals surface area contributed by atoms with Gasteiger partial charge in [0.15, 0.2) is 0 Å². The molecule has 2 aromatic rings. The van der Waals surface area contributed by atoms with Crippen LogP contribution in [0.3, 0.4) is 0 Å². The van der Waals surface area contributed by atoms with Crippen LogP contribution in [0.25, 0.3) is 0 Å². The normalized spacial score (nSPS) is 15.8. The topological polar surface area (TPSA) is 9.23 Å². The zero-order valence-corrected chi connectivity index (χ0v) is 14.3. The lowest BCUT2D eigenvalue weighted by Crippen LogP contribution is -1.97. The molecule has 1 unspecified atom stereocenters. The smallest absolute Gasteiger partial charge is 0.123 e. The van der Waals surface area contributed by atoms with Crippen molar-refractivity contribution in [2.45, 2.75) is 37.4 Å². The number of rotatable bonds is 3. The second kappa shape index (κ2) is 5.90. The van der Waals surface area contributed by atoms with Crippen molar-refractivity contribution in [3.05, 3.63) is 50.7 Å². The van der Waals surface area contributed by atoms with Gasteiger partial charge in [-0.25, -0.2) is 0 Å². The molecule has 0 saturated carbocycles. The Morgan fingerprint density at radius 2 is 2.00 bits per heavy atom. The Balaban J connectivity index is 1.97. The highest BCUT2D eigenvalue weighted by molar-refractivity contribution is 9.09. The second-order valence-corrected chi connectivity index (χ2v) is 7.50. The van der Waals surface area contributed by atoms with E-state index in [1.54, 1.807) is 17.6 Å². The lowest BCUT2D eigenvalue weighted by atomic mass is 9.98. The number of ether oxygens (including phenoxy) is 1. The molecule has 0 bridgehead atoms. The van der Waals surface area contributed by atoms with Gasteiger partial charge < -0.3 is 4.74 Å². The molecule has 1 aliphatic rings. The van der Waals surface area contributed by atoms with Crippen LogP contribution in [0.15, 0.2) is 24.3 Å². The molecule has 3 rings (SSSR count). The van der Waals surface area contributed by atoms with E-state index in [1.807, 2.05) is 11.3 Å². The van der Waals surface area contributed by atoms with Gasteiger partial charge in [-0.15, -0.1) is 11.3 Å². The van der Waals surface area contributed by atoms with Gasteiger partial charge in [0.1, 0.15) is 5.75 Å². The van der Waals surface area contributed by atoms with Gasteiger partial charge in [0.05, 0.1) is 11.9 Å². The first kappa shape index (κ1) is 14.2. The number of halogens is 1. The van der Waals surface area contributed by atoms with Crippen LogP contribution in [-0.2, 0) is 12.8 Å². The maximum absolute atomic E-state index is 5.52. The summed E-state index contributed by atoms with van der Waals surface area (Å²) in [5.41, 5.74) is 4.06. The molecule has 1 heterocycles. The van der Waals surface area contributed by atoms with Crippen LogP contribution in [-0.4, -0.2) is 7.11 Å². The van der Waals surface area contributed by atoms with Crippen molar-refractivity contribution in [3.8, 4) is 5.75 Å².